The largest absolute Gasteiger partial charge is 0.507 e. The van der Waals surface area contributed by atoms with Crippen LogP contribution in [0.2, 0.25) is 0 Å². The van der Waals surface area contributed by atoms with Crippen LogP contribution in [0.4, 0.5) is 0 Å². The Morgan fingerprint density at radius 3 is 2.52 bits per heavy atom. The minimum Gasteiger partial charge on any atom is -0.507 e. The zero-order chi connectivity index (χ0) is 15.4. The molecule has 0 unspecified atom stereocenters. The van der Waals surface area contributed by atoms with Crippen molar-refractivity contribution in [2.24, 2.45) is 0 Å². The first-order valence-corrected chi connectivity index (χ1v) is 7.93. The molecular formula is C20H16O3. The van der Waals surface area contributed by atoms with Gasteiger partial charge in [-0.1, -0.05) is 30.3 Å². The number of rotatable bonds is 0. The molecular weight excluding hydrogens is 288 g/mol. The molecule has 23 heavy (non-hydrogen) atoms. The topological polar surface area (TPSA) is 38.7 Å². The Morgan fingerprint density at radius 1 is 0.870 bits per heavy atom. The number of aliphatic hydroxyl groups excluding tert-OH is 1. The van der Waals surface area contributed by atoms with Crippen LogP contribution >= 0.6 is 0 Å². The molecule has 1 N–H and O–H groups in total. The van der Waals surface area contributed by atoms with Crippen LogP contribution in [0, 0.1) is 0 Å². The Morgan fingerprint density at radius 2 is 1.65 bits per heavy atom. The molecule has 2 aliphatic carbocycles. The fourth-order valence-electron chi connectivity index (χ4n) is 3.64. The number of fused-ring (bicyclic) bond motifs is 5. The van der Waals surface area contributed by atoms with Crippen molar-refractivity contribution in [2.45, 2.75) is 12.2 Å². The van der Waals surface area contributed by atoms with Gasteiger partial charge in [0.25, 0.3) is 0 Å². The van der Waals surface area contributed by atoms with Crippen molar-refractivity contribution in [3.63, 3.8) is 0 Å². The van der Waals surface area contributed by atoms with Crippen molar-refractivity contribution in [2.75, 3.05) is 13.2 Å². The zero-order valence-corrected chi connectivity index (χ0v) is 12.6. The van der Waals surface area contributed by atoms with Crippen LogP contribution in [0.5, 0.6) is 0 Å². The molecule has 2 aromatic carbocycles. The lowest BCUT2D eigenvalue weighted by atomic mass is 9.93. The van der Waals surface area contributed by atoms with Crippen LogP contribution < -0.4 is 10.4 Å². The fourth-order valence-corrected chi connectivity index (χ4v) is 3.64. The molecule has 0 radical (unpaired) electrons. The lowest BCUT2D eigenvalue weighted by Gasteiger charge is -2.33. The summed E-state index contributed by atoms with van der Waals surface area (Å²) in [6.07, 6.45) is 10.8. The maximum atomic E-state index is 9.92. The van der Waals surface area contributed by atoms with E-state index in [-0.39, 0.29) is 0 Å². The SMILES string of the molecule is OC1=c2ccc3c4c(ccc3c2C=C1)=CC1(C=C4)OCCCO1. The van der Waals surface area contributed by atoms with Gasteiger partial charge in [0.2, 0.25) is 5.79 Å². The standard InChI is InChI=1S/C20H16O3/c21-19-7-6-17-16-3-2-13-12-20(22-10-1-11-23-20)9-8-14(13)15(16)4-5-18(17)19/h2-9,12,21H,1,10-11H2. The van der Waals surface area contributed by atoms with Crippen molar-refractivity contribution in [1.82, 2.24) is 0 Å². The summed E-state index contributed by atoms with van der Waals surface area (Å²) in [5.41, 5.74) is 2.26. The van der Waals surface area contributed by atoms with Gasteiger partial charge in [-0.15, -0.1) is 0 Å². The number of hydrogen-bond donors (Lipinski definition) is 1. The van der Waals surface area contributed by atoms with Gasteiger partial charge in [-0.3, -0.25) is 0 Å². The lowest BCUT2D eigenvalue weighted by Crippen LogP contribution is -2.39. The predicted molar refractivity (Wildman–Crippen MR) is 91.0 cm³/mol. The molecule has 3 heteroatoms. The summed E-state index contributed by atoms with van der Waals surface area (Å²) in [5.74, 6) is -0.369. The molecule has 0 saturated carbocycles. The summed E-state index contributed by atoms with van der Waals surface area (Å²) in [7, 11) is 0. The number of aliphatic hydroxyl groups is 1. The summed E-state index contributed by atoms with van der Waals surface area (Å²) in [6, 6.07) is 8.28. The highest BCUT2D eigenvalue weighted by atomic mass is 16.7. The van der Waals surface area contributed by atoms with Gasteiger partial charge < -0.3 is 14.6 Å². The Bertz CT molecular complexity index is 1010. The molecule has 114 valence electrons. The van der Waals surface area contributed by atoms with E-state index in [1.807, 2.05) is 18.2 Å². The van der Waals surface area contributed by atoms with Crippen LogP contribution in [0.1, 0.15) is 17.5 Å². The molecule has 2 aromatic rings. The minimum atomic E-state index is -0.707. The smallest absolute Gasteiger partial charge is 0.209 e. The molecule has 0 bridgehead atoms. The molecule has 1 aliphatic heterocycles. The summed E-state index contributed by atoms with van der Waals surface area (Å²) in [5, 5.41) is 14.3. The lowest BCUT2D eigenvalue weighted by molar-refractivity contribution is -0.195. The van der Waals surface area contributed by atoms with E-state index in [1.54, 1.807) is 6.08 Å². The van der Waals surface area contributed by atoms with Crippen LogP contribution in [-0.4, -0.2) is 24.1 Å². The van der Waals surface area contributed by atoms with Crippen LogP contribution in [0.25, 0.3) is 34.8 Å². The maximum Gasteiger partial charge on any atom is 0.209 e. The van der Waals surface area contributed by atoms with Crippen molar-refractivity contribution < 1.29 is 14.6 Å². The van der Waals surface area contributed by atoms with Crippen LogP contribution in [0.15, 0.2) is 36.4 Å². The summed E-state index contributed by atoms with van der Waals surface area (Å²) >= 11 is 0. The molecule has 1 heterocycles. The normalized spacial score (nSPS) is 20.6. The van der Waals surface area contributed by atoms with Crippen molar-refractivity contribution in [3.8, 4) is 0 Å². The highest BCUT2D eigenvalue weighted by molar-refractivity contribution is 5.99. The van der Waals surface area contributed by atoms with Gasteiger partial charge in [-0.2, -0.15) is 0 Å². The first kappa shape index (κ1) is 13.1. The van der Waals surface area contributed by atoms with E-state index in [9.17, 15) is 5.11 Å². The molecule has 3 nitrogen and oxygen atoms in total. The van der Waals surface area contributed by atoms with E-state index in [1.165, 1.54) is 10.9 Å². The van der Waals surface area contributed by atoms with Gasteiger partial charge in [0.05, 0.1) is 13.2 Å². The molecule has 1 spiro atoms. The van der Waals surface area contributed by atoms with Crippen molar-refractivity contribution >= 4 is 34.8 Å². The molecule has 1 fully saturated rings. The molecule has 0 atom stereocenters. The van der Waals surface area contributed by atoms with E-state index < -0.39 is 5.79 Å². The van der Waals surface area contributed by atoms with Gasteiger partial charge in [0, 0.05) is 5.22 Å². The molecule has 0 amide bonds. The fraction of sp³-hybridized carbons (Fsp3) is 0.200. The minimum absolute atomic E-state index is 0.338. The van der Waals surface area contributed by atoms with Gasteiger partial charge >= 0.3 is 0 Å². The highest BCUT2D eigenvalue weighted by Gasteiger charge is 2.31. The van der Waals surface area contributed by atoms with E-state index in [0.717, 1.165) is 41.0 Å². The van der Waals surface area contributed by atoms with Crippen LogP contribution in [-0.2, 0) is 9.47 Å². The first-order valence-electron chi connectivity index (χ1n) is 7.93. The van der Waals surface area contributed by atoms with Gasteiger partial charge in [-0.05, 0) is 57.8 Å². The summed E-state index contributed by atoms with van der Waals surface area (Å²) in [6.45, 7) is 1.44. The van der Waals surface area contributed by atoms with E-state index >= 15 is 0 Å². The average Bonchev–Trinajstić information content (AvgIpc) is 2.96. The van der Waals surface area contributed by atoms with Crippen molar-refractivity contribution in [1.29, 1.82) is 0 Å². The summed E-state index contributed by atoms with van der Waals surface area (Å²) in [4.78, 5) is 0. The number of ether oxygens (including phenoxy) is 2. The third kappa shape index (κ3) is 1.84. The summed E-state index contributed by atoms with van der Waals surface area (Å²) < 4.78 is 11.7. The van der Waals surface area contributed by atoms with Gasteiger partial charge in [0.1, 0.15) is 5.76 Å². The average molecular weight is 304 g/mol. The maximum absolute atomic E-state index is 9.92. The Balaban J connectivity index is 1.78. The van der Waals surface area contributed by atoms with Crippen LogP contribution in [0.3, 0.4) is 0 Å². The Labute approximate surface area is 133 Å². The van der Waals surface area contributed by atoms with E-state index in [2.05, 4.69) is 30.4 Å². The first-order chi connectivity index (χ1) is 11.3. The Kier molecular flexibility index (Phi) is 2.61. The third-order valence-corrected chi connectivity index (χ3v) is 4.78. The highest BCUT2D eigenvalue weighted by Crippen LogP contribution is 2.29. The third-order valence-electron chi connectivity index (χ3n) is 4.78. The van der Waals surface area contributed by atoms with E-state index in [4.69, 9.17) is 9.47 Å². The van der Waals surface area contributed by atoms with E-state index in [0.29, 0.717) is 5.76 Å². The quantitative estimate of drug-likeness (QED) is 0.812. The second-order valence-corrected chi connectivity index (χ2v) is 6.16. The van der Waals surface area contributed by atoms with Gasteiger partial charge in [-0.25, -0.2) is 0 Å². The molecule has 3 aliphatic rings. The number of benzene rings is 2. The second-order valence-electron chi connectivity index (χ2n) is 6.16. The van der Waals surface area contributed by atoms with Gasteiger partial charge in [0.15, 0.2) is 0 Å². The number of hydrogen-bond acceptors (Lipinski definition) is 3. The second kappa shape index (κ2) is 4.57. The molecule has 0 aromatic heterocycles. The van der Waals surface area contributed by atoms with Crippen molar-refractivity contribution in [3.05, 3.63) is 58.0 Å². The predicted octanol–water partition coefficient (Wildman–Crippen LogP) is 2.47. The Hall–Kier alpha value is -2.36. The zero-order valence-electron chi connectivity index (χ0n) is 12.6. The molecule has 5 rings (SSSR count). The molecule has 1 saturated heterocycles. The monoisotopic (exact) mass is 304 g/mol.